The summed E-state index contributed by atoms with van der Waals surface area (Å²) in [6.45, 7) is 8.24. The molecule has 0 radical (unpaired) electrons. The van der Waals surface area contributed by atoms with E-state index in [0.717, 1.165) is 13.1 Å². The van der Waals surface area contributed by atoms with Gasteiger partial charge >= 0.3 is 0 Å². The van der Waals surface area contributed by atoms with Gasteiger partial charge in [-0.1, -0.05) is 0 Å². The van der Waals surface area contributed by atoms with Crippen LogP contribution in [0.3, 0.4) is 0 Å². The molecule has 1 saturated heterocycles. The molecule has 0 aromatic heterocycles. The SMILES string of the molecule is CC(C)(C)N1CC[C@@H](O)[C@H](O)CC1. The maximum absolute atomic E-state index is 9.46. The van der Waals surface area contributed by atoms with Gasteiger partial charge in [0.15, 0.2) is 0 Å². The van der Waals surface area contributed by atoms with Crippen molar-refractivity contribution in [1.82, 2.24) is 4.90 Å². The van der Waals surface area contributed by atoms with Gasteiger partial charge < -0.3 is 10.2 Å². The van der Waals surface area contributed by atoms with Gasteiger partial charge in [-0.15, -0.1) is 0 Å². The van der Waals surface area contributed by atoms with Crippen molar-refractivity contribution in [3.63, 3.8) is 0 Å². The second-order valence-electron chi connectivity index (χ2n) is 4.87. The van der Waals surface area contributed by atoms with E-state index in [4.69, 9.17) is 0 Å². The van der Waals surface area contributed by atoms with Crippen LogP contribution >= 0.6 is 0 Å². The van der Waals surface area contributed by atoms with Crippen LogP contribution in [0, 0.1) is 0 Å². The Bertz CT molecular complexity index is 153. The third kappa shape index (κ3) is 2.93. The average Bonchev–Trinajstić information content (AvgIpc) is 2.14. The number of rotatable bonds is 0. The van der Waals surface area contributed by atoms with Crippen molar-refractivity contribution >= 4 is 0 Å². The topological polar surface area (TPSA) is 43.7 Å². The highest BCUT2D eigenvalue weighted by Crippen LogP contribution is 2.19. The summed E-state index contributed by atoms with van der Waals surface area (Å²) in [7, 11) is 0. The summed E-state index contributed by atoms with van der Waals surface area (Å²) in [6.07, 6.45) is 0.288. The van der Waals surface area contributed by atoms with Gasteiger partial charge in [0.25, 0.3) is 0 Å². The lowest BCUT2D eigenvalue weighted by Crippen LogP contribution is -2.42. The Kier molecular flexibility index (Phi) is 3.33. The second kappa shape index (κ2) is 3.95. The lowest BCUT2D eigenvalue weighted by Gasteiger charge is -2.34. The standard InChI is InChI=1S/C10H21NO2/c1-10(2,3)11-6-4-8(12)9(13)5-7-11/h8-9,12-13H,4-7H2,1-3H3/t8-,9-/m1/s1. The van der Waals surface area contributed by atoms with Crippen molar-refractivity contribution in [2.45, 2.75) is 51.4 Å². The molecule has 3 nitrogen and oxygen atoms in total. The second-order valence-corrected chi connectivity index (χ2v) is 4.87. The molecule has 0 aromatic carbocycles. The normalized spacial score (nSPS) is 33.0. The Morgan fingerprint density at radius 3 is 1.69 bits per heavy atom. The Hall–Kier alpha value is -0.120. The summed E-state index contributed by atoms with van der Waals surface area (Å²) in [5, 5.41) is 18.9. The van der Waals surface area contributed by atoms with E-state index in [-0.39, 0.29) is 5.54 Å². The zero-order chi connectivity index (χ0) is 10.1. The summed E-state index contributed by atoms with van der Waals surface area (Å²) in [6, 6.07) is 0. The summed E-state index contributed by atoms with van der Waals surface area (Å²) in [4.78, 5) is 2.31. The number of aliphatic hydroxyl groups is 2. The molecule has 0 aromatic rings. The van der Waals surface area contributed by atoms with E-state index < -0.39 is 12.2 Å². The Labute approximate surface area is 80.4 Å². The maximum Gasteiger partial charge on any atom is 0.0811 e. The molecule has 1 aliphatic heterocycles. The van der Waals surface area contributed by atoms with E-state index in [1.54, 1.807) is 0 Å². The van der Waals surface area contributed by atoms with Gasteiger partial charge in [0, 0.05) is 18.6 Å². The van der Waals surface area contributed by atoms with Crippen LogP contribution in [0.2, 0.25) is 0 Å². The minimum Gasteiger partial charge on any atom is -0.390 e. The fraction of sp³-hybridized carbons (Fsp3) is 1.00. The molecule has 0 unspecified atom stereocenters. The molecule has 1 rings (SSSR count). The van der Waals surface area contributed by atoms with Crippen molar-refractivity contribution in [3.8, 4) is 0 Å². The van der Waals surface area contributed by atoms with E-state index in [2.05, 4.69) is 25.7 Å². The lowest BCUT2D eigenvalue weighted by atomic mass is 10.1. The Morgan fingerprint density at radius 1 is 1.00 bits per heavy atom. The van der Waals surface area contributed by atoms with Crippen molar-refractivity contribution in [2.75, 3.05) is 13.1 Å². The Balaban J connectivity index is 2.54. The van der Waals surface area contributed by atoms with Crippen molar-refractivity contribution < 1.29 is 10.2 Å². The van der Waals surface area contributed by atoms with Crippen LogP contribution in [0.4, 0.5) is 0 Å². The largest absolute Gasteiger partial charge is 0.390 e. The fourth-order valence-corrected chi connectivity index (χ4v) is 1.74. The minimum atomic E-state index is -0.535. The fourth-order valence-electron chi connectivity index (χ4n) is 1.74. The summed E-state index contributed by atoms with van der Waals surface area (Å²) >= 11 is 0. The van der Waals surface area contributed by atoms with Gasteiger partial charge in [0.05, 0.1) is 12.2 Å². The molecule has 0 saturated carbocycles. The zero-order valence-corrected chi connectivity index (χ0v) is 8.82. The molecule has 0 spiro atoms. The first-order valence-electron chi connectivity index (χ1n) is 5.02. The molecule has 0 bridgehead atoms. The van der Waals surface area contributed by atoms with Gasteiger partial charge in [0.2, 0.25) is 0 Å². The van der Waals surface area contributed by atoms with Crippen LogP contribution < -0.4 is 0 Å². The van der Waals surface area contributed by atoms with Crippen molar-refractivity contribution in [1.29, 1.82) is 0 Å². The van der Waals surface area contributed by atoms with Crippen LogP contribution in [0.25, 0.3) is 0 Å². The first kappa shape index (κ1) is 11.0. The number of aliphatic hydroxyl groups excluding tert-OH is 2. The molecule has 1 heterocycles. The van der Waals surface area contributed by atoms with Gasteiger partial charge in [-0.2, -0.15) is 0 Å². The van der Waals surface area contributed by atoms with Crippen LogP contribution in [-0.2, 0) is 0 Å². The van der Waals surface area contributed by atoms with Crippen molar-refractivity contribution in [2.24, 2.45) is 0 Å². The smallest absolute Gasteiger partial charge is 0.0811 e. The van der Waals surface area contributed by atoms with Gasteiger partial charge in [0.1, 0.15) is 0 Å². The van der Waals surface area contributed by atoms with E-state index in [9.17, 15) is 10.2 Å². The van der Waals surface area contributed by atoms with Crippen LogP contribution in [-0.4, -0.2) is 45.9 Å². The highest BCUT2D eigenvalue weighted by atomic mass is 16.3. The first-order valence-corrected chi connectivity index (χ1v) is 5.02. The molecule has 0 aliphatic carbocycles. The average molecular weight is 187 g/mol. The predicted octanol–water partition coefficient (Wildman–Crippen LogP) is 0.603. The monoisotopic (exact) mass is 187 g/mol. The van der Waals surface area contributed by atoms with Gasteiger partial charge in [-0.25, -0.2) is 0 Å². The number of likely N-dealkylation sites (tertiary alicyclic amines) is 1. The van der Waals surface area contributed by atoms with E-state index >= 15 is 0 Å². The van der Waals surface area contributed by atoms with Gasteiger partial charge in [-0.05, 0) is 33.6 Å². The first-order chi connectivity index (χ1) is 5.91. The van der Waals surface area contributed by atoms with Gasteiger partial charge in [-0.3, -0.25) is 4.90 Å². The third-order valence-corrected chi connectivity index (χ3v) is 2.78. The molecule has 2 atom stereocenters. The van der Waals surface area contributed by atoms with E-state index in [1.165, 1.54) is 0 Å². The van der Waals surface area contributed by atoms with Crippen LogP contribution in [0.1, 0.15) is 33.6 Å². The van der Waals surface area contributed by atoms with Crippen molar-refractivity contribution in [3.05, 3.63) is 0 Å². The van der Waals surface area contributed by atoms with Crippen LogP contribution in [0.5, 0.6) is 0 Å². The van der Waals surface area contributed by atoms with E-state index in [0.29, 0.717) is 12.8 Å². The number of hydrogen-bond acceptors (Lipinski definition) is 3. The molecule has 78 valence electrons. The number of hydrogen-bond donors (Lipinski definition) is 2. The highest BCUT2D eigenvalue weighted by molar-refractivity contribution is 4.82. The Morgan fingerprint density at radius 2 is 1.38 bits per heavy atom. The molecule has 1 aliphatic rings. The zero-order valence-electron chi connectivity index (χ0n) is 8.82. The molecule has 3 heteroatoms. The minimum absolute atomic E-state index is 0.143. The molecule has 0 amide bonds. The molecule has 13 heavy (non-hydrogen) atoms. The van der Waals surface area contributed by atoms with Crippen LogP contribution in [0.15, 0.2) is 0 Å². The quantitative estimate of drug-likeness (QED) is 0.584. The molecule has 2 N–H and O–H groups in total. The van der Waals surface area contributed by atoms with E-state index in [1.807, 2.05) is 0 Å². The summed E-state index contributed by atoms with van der Waals surface area (Å²) in [5.41, 5.74) is 0.143. The maximum atomic E-state index is 9.46. The highest BCUT2D eigenvalue weighted by Gasteiger charge is 2.28. The third-order valence-electron chi connectivity index (χ3n) is 2.78. The predicted molar refractivity (Wildman–Crippen MR) is 52.6 cm³/mol. The number of nitrogens with zero attached hydrogens (tertiary/aromatic N) is 1. The lowest BCUT2D eigenvalue weighted by molar-refractivity contribution is 0.0187. The summed E-state index contributed by atoms with van der Waals surface area (Å²) in [5.74, 6) is 0. The molecular formula is C10H21NO2. The molecular weight excluding hydrogens is 166 g/mol. The molecule has 1 fully saturated rings. The summed E-state index contributed by atoms with van der Waals surface area (Å²) < 4.78 is 0.